The summed E-state index contributed by atoms with van der Waals surface area (Å²) in [4.78, 5) is 130. The van der Waals surface area contributed by atoms with Gasteiger partial charge in [0.05, 0.1) is 81.5 Å². The lowest BCUT2D eigenvalue weighted by atomic mass is 10.1. The number of rotatable bonds is 31. The number of benzene rings is 9. The van der Waals surface area contributed by atoms with Crippen molar-refractivity contribution >= 4 is 156 Å². The number of carbonyl (C=O) groups is 5. The number of halogens is 10. The number of aliphatic hydroxyl groups is 1. The summed E-state index contributed by atoms with van der Waals surface area (Å²) in [6.07, 6.45) is 6.61. The second kappa shape index (κ2) is 52.8. The molecule has 40 heteroatoms. The highest BCUT2D eigenvalue weighted by Crippen LogP contribution is 2.34. The van der Waals surface area contributed by atoms with Crippen LogP contribution in [0.3, 0.4) is 0 Å². The molecule has 0 saturated carbocycles. The fourth-order valence-corrected chi connectivity index (χ4v) is 17.2. The molecule has 4 unspecified atom stereocenters. The maximum Gasteiger partial charge on any atom is 0.291 e. The second-order valence-corrected chi connectivity index (χ2v) is 39.1. The molecule has 9 aromatic carbocycles. The number of aromatic nitrogens is 4. The molecule has 5 aromatic heterocycles. The van der Waals surface area contributed by atoms with Crippen molar-refractivity contribution in [2.75, 3.05) is 6.26 Å². The Labute approximate surface area is 888 Å². The lowest BCUT2D eigenvalue weighted by Crippen LogP contribution is -2.47. The molecule has 146 heavy (non-hydrogen) atoms. The first-order valence-electron chi connectivity index (χ1n) is 44.9. The topological polar surface area (TPSA) is 367 Å². The number of amides is 5. The molecular formula is C106H95Cl10N9O20S. The summed E-state index contributed by atoms with van der Waals surface area (Å²) in [5.74, 6) is -3.27. The Morgan fingerprint density at radius 3 is 1.08 bits per heavy atom. The Balaban J connectivity index is 0.000000163. The molecule has 4 atom stereocenters. The SMILES string of the molecule is CC(Cn1ccc(=O)c(OCc2ccccc2)c1C(=O)NCc1ccc(Cl)c(Cl)c1)OS(C)(=O)=O.CC(O)Cn1ccc(=O)c(OCc2ccccc2)c1C(=O)NCc1ccc(Cl)c(Cl)c1.CC1Cn2ccc(=O)c(O)c2C(=O)N1Cc1ccc(Cl)c(Cl)c1.CC1Cn2ccc(=O)c(OCc3ccccc3)c2C(=O)N1Cc1ccc(Cl)c(Cl)c1.O=C(NCc1ccc(Cl)c(Cl)c1)c1occc(=O)c1OCc1ccccc1. The molecule has 2 aliphatic heterocycles. The van der Waals surface area contributed by atoms with Gasteiger partial charge in [0.25, 0.3) is 39.7 Å². The first-order valence-corrected chi connectivity index (χ1v) is 50.5. The summed E-state index contributed by atoms with van der Waals surface area (Å²) >= 11 is 59.9. The number of ether oxygens (including phenoxy) is 4. The van der Waals surface area contributed by atoms with Gasteiger partial charge in [0.15, 0.2) is 45.8 Å². The first-order chi connectivity index (χ1) is 69.7. The molecule has 0 aliphatic carbocycles. The molecule has 0 radical (unpaired) electrons. The minimum atomic E-state index is -3.73. The van der Waals surface area contributed by atoms with Gasteiger partial charge in [0.1, 0.15) is 26.4 Å². The lowest BCUT2D eigenvalue weighted by molar-refractivity contribution is 0.0577. The minimum absolute atomic E-state index is 0.0232. The zero-order valence-corrected chi connectivity index (χ0v) is 87.0. The predicted molar refractivity (Wildman–Crippen MR) is 564 cm³/mol. The van der Waals surface area contributed by atoms with Gasteiger partial charge in [0, 0.05) is 120 Å². The zero-order valence-electron chi connectivity index (χ0n) is 78.6. The fraction of sp³-hybridized carbons (Fsp3) is 0.208. The molecule has 16 rings (SSSR count). The van der Waals surface area contributed by atoms with Crippen molar-refractivity contribution in [2.45, 2.75) is 137 Å². The van der Waals surface area contributed by atoms with Gasteiger partial charge in [-0.25, -0.2) is 0 Å². The van der Waals surface area contributed by atoms with E-state index in [9.17, 15) is 66.6 Å². The molecule has 0 bridgehead atoms. The maximum absolute atomic E-state index is 13.4. The van der Waals surface area contributed by atoms with Crippen LogP contribution < -0.4 is 62.0 Å². The number of hydrogen-bond donors (Lipinski definition) is 5. The van der Waals surface area contributed by atoms with E-state index in [0.717, 1.165) is 57.0 Å². The molecule has 29 nitrogen and oxygen atoms in total. The Hall–Kier alpha value is -13.2. The van der Waals surface area contributed by atoms with E-state index in [1.54, 1.807) is 124 Å². The van der Waals surface area contributed by atoms with Gasteiger partial charge in [0.2, 0.25) is 38.7 Å². The van der Waals surface area contributed by atoms with Crippen LogP contribution in [0.15, 0.2) is 302 Å². The minimum Gasteiger partial charge on any atom is -0.503 e. The van der Waals surface area contributed by atoms with Gasteiger partial charge in [-0.3, -0.25) is 52.1 Å². The van der Waals surface area contributed by atoms with E-state index in [0.29, 0.717) is 82.0 Å². The average Bonchev–Trinajstić information content (AvgIpc) is 0.772. The van der Waals surface area contributed by atoms with Gasteiger partial charge < -0.3 is 77.6 Å². The second-order valence-electron chi connectivity index (χ2n) is 33.4. The summed E-state index contributed by atoms with van der Waals surface area (Å²) in [6.45, 7) is 9.86. The van der Waals surface area contributed by atoms with Crippen molar-refractivity contribution in [3.8, 4) is 28.7 Å². The number of aliphatic hydroxyl groups excluding tert-OH is 1. The van der Waals surface area contributed by atoms with Gasteiger partial charge >= 0.3 is 0 Å². The van der Waals surface area contributed by atoms with Crippen LogP contribution in [0, 0.1) is 0 Å². The number of nitrogens with zero attached hydrogens (tertiary/aromatic N) is 6. The molecule has 0 spiro atoms. The summed E-state index contributed by atoms with van der Waals surface area (Å²) in [5, 5.41) is 32.1. The first kappa shape index (κ1) is 112. The van der Waals surface area contributed by atoms with Crippen LogP contribution in [0.4, 0.5) is 0 Å². The molecular weight excluding hydrogens is 2110 g/mol. The molecule has 2 aliphatic rings. The molecule has 0 saturated heterocycles. The number of carbonyl (C=O) groups excluding carboxylic acids is 5. The average molecular weight is 2200 g/mol. The molecule has 760 valence electrons. The monoisotopic (exact) mass is 2200 g/mol. The summed E-state index contributed by atoms with van der Waals surface area (Å²) < 4.78 is 62.6. The predicted octanol–water partition coefficient (Wildman–Crippen LogP) is 20.2. The highest BCUT2D eigenvalue weighted by atomic mass is 35.5. The van der Waals surface area contributed by atoms with Crippen molar-refractivity contribution in [1.29, 1.82) is 0 Å². The van der Waals surface area contributed by atoms with Crippen molar-refractivity contribution in [3.05, 3.63) is 454 Å². The van der Waals surface area contributed by atoms with E-state index in [-0.39, 0.29) is 140 Å². The Morgan fingerprint density at radius 1 is 0.384 bits per heavy atom. The Kier molecular flexibility index (Phi) is 40.3. The maximum atomic E-state index is 13.4. The molecule has 5 amide bonds. The molecule has 0 fully saturated rings. The van der Waals surface area contributed by atoms with Gasteiger partial charge in [-0.15, -0.1) is 0 Å². The van der Waals surface area contributed by atoms with E-state index >= 15 is 0 Å². The highest BCUT2D eigenvalue weighted by Gasteiger charge is 2.36. The lowest BCUT2D eigenvalue weighted by Gasteiger charge is -2.36. The fourth-order valence-electron chi connectivity index (χ4n) is 15.0. The standard InChI is InChI=1S/C24H24Cl2N2O6S.C23H22Cl2N2O4.C23H20Cl2N2O3.C20H15Cl2NO4.C16H14Cl2N2O3/c1-16(34-35(2,31)32)14-28-11-10-21(29)23(33-15-17-6-4-3-5-7-17)22(28)24(30)27-13-18-8-9-19(25)20(26)12-18;1-15(28)13-27-10-9-20(29)22(31-14-16-5-3-2-4-6-16)21(27)23(30)26-12-17-7-8-18(24)19(25)11-17;1-15-12-26-10-9-20(28)22(30-14-16-5-3-2-4-6-16)21(26)23(29)27(15)13-17-7-8-18(24)19(25)11-17;21-15-7-6-14(10-16(15)22)11-23-20(25)19-18(17(24)8-9-26-19)27-12-13-4-2-1-3-5-13;1-9-7-19-5-4-13(21)15(22)14(19)16(23)20(9)8-10-2-3-11(17)12(18)6-10/h3-12,16H,13-15H2,1-2H3,(H,27,30);2-11,15,28H,12-14H2,1H3,(H,26,30);2-11,15H,12-14H2,1H3;1-10H,11-12H2,(H,23,25);2-6,9,22H,7-8H2,1H3. The normalized spacial score (nSPS) is 13.3. The van der Waals surface area contributed by atoms with Crippen LogP contribution in [0.5, 0.6) is 28.7 Å². The number of fused-ring (bicyclic) bond motifs is 2. The smallest absolute Gasteiger partial charge is 0.291 e. The highest BCUT2D eigenvalue weighted by molar-refractivity contribution is 7.86. The van der Waals surface area contributed by atoms with Crippen LogP contribution in [0.2, 0.25) is 50.2 Å². The van der Waals surface area contributed by atoms with Crippen molar-refractivity contribution in [1.82, 2.24) is 44.0 Å². The largest absolute Gasteiger partial charge is 0.503 e. The van der Waals surface area contributed by atoms with E-state index in [4.69, 9.17) is 144 Å². The summed E-state index contributed by atoms with van der Waals surface area (Å²) in [6, 6.07) is 69.2. The number of aromatic hydroxyl groups is 1. The van der Waals surface area contributed by atoms with Crippen LogP contribution in [-0.4, -0.2) is 107 Å². The van der Waals surface area contributed by atoms with Gasteiger partial charge in [-0.05, 0) is 138 Å². The van der Waals surface area contributed by atoms with Crippen LogP contribution in [-0.2, 0) is 99.6 Å². The Morgan fingerprint density at radius 2 is 0.699 bits per heavy atom. The van der Waals surface area contributed by atoms with Crippen LogP contribution >= 0.6 is 116 Å². The third-order valence-corrected chi connectivity index (χ3v) is 26.4. The van der Waals surface area contributed by atoms with Crippen LogP contribution in [0.25, 0.3) is 0 Å². The van der Waals surface area contributed by atoms with E-state index in [1.165, 1.54) is 58.1 Å². The van der Waals surface area contributed by atoms with Crippen molar-refractivity contribution < 1.29 is 70.2 Å². The molecule has 7 heterocycles. The van der Waals surface area contributed by atoms with E-state index in [2.05, 4.69) is 16.0 Å². The number of pyridine rings is 4. The third-order valence-electron chi connectivity index (χ3n) is 22.1. The molecule has 5 N–H and O–H groups in total. The van der Waals surface area contributed by atoms with Gasteiger partial charge in [-0.1, -0.05) is 268 Å². The summed E-state index contributed by atoms with van der Waals surface area (Å²) in [7, 11) is -3.73. The van der Waals surface area contributed by atoms with Gasteiger partial charge in [-0.2, -0.15) is 8.42 Å². The quantitative estimate of drug-likeness (QED) is 0.0252. The number of hydrogen-bond acceptors (Lipinski definition) is 20. The van der Waals surface area contributed by atoms with E-state index in [1.807, 2.05) is 141 Å². The summed E-state index contributed by atoms with van der Waals surface area (Å²) in [5.41, 5.74) is 5.39. The number of nitrogens with one attached hydrogen (secondary N) is 3. The van der Waals surface area contributed by atoms with Crippen LogP contribution in [0.1, 0.15) is 130 Å². The third kappa shape index (κ3) is 31.2. The van der Waals surface area contributed by atoms with Crippen molar-refractivity contribution in [3.63, 3.8) is 0 Å². The molecule has 14 aromatic rings. The Bertz CT molecular complexity index is 7500. The van der Waals surface area contributed by atoms with Crippen molar-refractivity contribution in [2.24, 2.45) is 0 Å². The zero-order chi connectivity index (χ0) is 105. The van der Waals surface area contributed by atoms with E-state index < -0.39 is 67.5 Å².